The van der Waals surface area contributed by atoms with Crippen LogP contribution < -0.4 is 10.1 Å². The molecule has 1 saturated heterocycles. The predicted octanol–water partition coefficient (Wildman–Crippen LogP) is 2.53. The van der Waals surface area contributed by atoms with Crippen molar-refractivity contribution in [3.8, 4) is 5.75 Å². The number of rotatable bonds is 4. The van der Waals surface area contributed by atoms with E-state index in [1.807, 2.05) is 31.0 Å². The van der Waals surface area contributed by atoms with Crippen LogP contribution in [0.4, 0.5) is 0 Å². The standard InChI is InChI=1S/C16H24N2O2.ClH/c1-12-10-13(7-8-15(12)20-3)11-18(2)16(19)14-6-4-5-9-17-14;/h7-8,10,14,17H,4-6,9,11H2,1-3H3;1H/t14-;/m0./s1. The normalized spacial score (nSPS) is 17.8. The molecule has 0 spiro atoms. The van der Waals surface area contributed by atoms with Crippen molar-refractivity contribution in [3.63, 3.8) is 0 Å². The van der Waals surface area contributed by atoms with E-state index in [1.165, 1.54) is 6.42 Å². The number of hydrogen-bond acceptors (Lipinski definition) is 3. The monoisotopic (exact) mass is 312 g/mol. The van der Waals surface area contributed by atoms with Crippen LogP contribution in [0.2, 0.25) is 0 Å². The summed E-state index contributed by atoms with van der Waals surface area (Å²) in [5.74, 6) is 1.08. The second-order valence-corrected chi connectivity index (χ2v) is 5.50. The highest BCUT2D eigenvalue weighted by Crippen LogP contribution is 2.19. The van der Waals surface area contributed by atoms with Crippen LogP contribution in [-0.4, -0.2) is 37.6 Å². The summed E-state index contributed by atoms with van der Waals surface area (Å²) < 4.78 is 5.26. The highest BCUT2D eigenvalue weighted by Gasteiger charge is 2.23. The number of carbonyl (C=O) groups excluding carboxylic acids is 1. The molecule has 118 valence electrons. The van der Waals surface area contributed by atoms with Crippen LogP contribution in [0.25, 0.3) is 0 Å². The molecule has 1 aliphatic heterocycles. The average molecular weight is 313 g/mol. The van der Waals surface area contributed by atoms with E-state index >= 15 is 0 Å². The molecule has 1 atom stereocenters. The number of nitrogens with one attached hydrogen (secondary N) is 1. The zero-order valence-electron chi connectivity index (χ0n) is 13.0. The number of methoxy groups -OCH3 is 1. The summed E-state index contributed by atoms with van der Waals surface area (Å²) in [6, 6.07) is 6.05. The first kappa shape index (κ1) is 17.8. The number of benzene rings is 1. The number of ether oxygens (including phenoxy) is 1. The summed E-state index contributed by atoms with van der Waals surface area (Å²) in [5.41, 5.74) is 2.23. The molecule has 0 unspecified atom stereocenters. The summed E-state index contributed by atoms with van der Waals surface area (Å²) in [7, 11) is 3.55. The van der Waals surface area contributed by atoms with E-state index in [0.717, 1.165) is 36.3 Å². The lowest BCUT2D eigenvalue weighted by atomic mass is 10.0. The van der Waals surface area contributed by atoms with Gasteiger partial charge in [0, 0.05) is 13.6 Å². The predicted molar refractivity (Wildman–Crippen MR) is 87.1 cm³/mol. The van der Waals surface area contributed by atoms with Crippen molar-refractivity contribution in [3.05, 3.63) is 29.3 Å². The minimum atomic E-state index is -0.00639. The van der Waals surface area contributed by atoms with Gasteiger partial charge in [0.25, 0.3) is 0 Å². The maximum Gasteiger partial charge on any atom is 0.239 e. The molecule has 1 N–H and O–H groups in total. The first-order chi connectivity index (χ1) is 9.61. The lowest BCUT2D eigenvalue weighted by Crippen LogP contribution is -2.46. The average Bonchev–Trinajstić information content (AvgIpc) is 2.47. The Morgan fingerprint density at radius 3 is 2.76 bits per heavy atom. The van der Waals surface area contributed by atoms with Crippen LogP contribution in [0.5, 0.6) is 5.75 Å². The van der Waals surface area contributed by atoms with Crippen molar-refractivity contribution >= 4 is 18.3 Å². The van der Waals surface area contributed by atoms with E-state index in [0.29, 0.717) is 6.54 Å². The van der Waals surface area contributed by atoms with Gasteiger partial charge < -0.3 is 15.0 Å². The second kappa shape index (κ2) is 8.25. The molecule has 21 heavy (non-hydrogen) atoms. The minimum absolute atomic E-state index is 0. The molecule has 5 heteroatoms. The Bertz CT molecular complexity index is 473. The molecule has 1 fully saturated rings. The van der Waals surface area contributed by atoms with Gasteiger partial charge in [0.1, 0.15) is 5.75 Å². The molecule has 0 aromatic heterocycles. The highest BCUT2D eigenvalue weighted by molar-refractivity contribution is 5.85. The van der Waals surface area contributed by atoms with E-state index in [2.05, 4.69) is 11.4 Å². The third-order valence-electron chi connectivity index (χ3n) is 3.86. The molecule has 1 aromatic rings. The number of amides is 1. The molecule has 2 rings (SSSR count). The molecular weight excluding hydrogens is 288 g/mol. The largest absolute Gasteiger partial charge is 0.496 e. The van der Waals surface area contributed by atoms with Gasteiger partial charge in [0.05, 0.1) is 13.2 Å². The van der Waals surface area contributed by atoms with Crippen molar-refractivity contribution in [2.75, 3.05) is 20.7 Å². The van der Waals surface area contributed by atoms with Crippen molar-refractivity contribution in [1.82, 2.24) is 10.2 Å². The number of halogens is 1. The molecule has 1 aliphatic rings. The van der Waals surface area contributed by atoms with Crippen LogP contribution in [0.3, 0.4) is 0 Å². The highest BCUT2D eigenvalue weighted by atomic mass is 35.5. The maximum absolute atomic E-state index is 12.3. The van der Waals surface area contributed by atoms with Crippen LogP contribution in [0.15, 0.2) is 18.2 Å². The Balaban J connectivity index is 0.00000220. The Labute approximate surface area is 133 Å². The van der Waals surface area contributed by atoms with Crippen LogP contribution >= 0.6 is 12.4 Å². The molecule has 1 aromatic carbocycles. The summed E-state index contributed by atoms with van der Waals surface area (Å²) in [6.45, 7) is 3.61. The van der Waals surface area contributed by atoms with Gasteiger partial charge in [-0.05, 0) is 43.5 Å². The van der Waals surface area contributed by atoms with Gasteiger partial charge in [0.2, 0.25) is 5.91 Å². The molecule has 0 radical (unpaired) electrons. The second-order valence-electron chi connectivity index (χ2n) is 5.50. The molecule has 1 amide bonds. The van der Waals surface area contributed by atoms with Crippen LogP contribution in [0, 0.1) is 6.92 Å². The van der Waals surface area contributed by atoms with E-state index in [4.69, 9.17) is 4.74 Å². The fraction of sp³-hybridized carbons (Fsp3) is 0.562. The SMILES string of the molecule is COc1ccc(CN(C)C(=O)[C@@H]2CCCCN2)cc1C.Cl. The first-order valence-corrected chi connectivity index (χ1v) is 7.23. The number of carbonyl (C=O) groups is 1. The molecule has 0 aliphatic carbocycles. The number of aryl methyl sites for hydroxylation is 1. The van der Waals surface area contributed by atoms with Crippen molar-refractivity contribution in [2.24, 2.45) is 0 Å². The van der Waals surface area contributed by atoms with Gasteiger partial charge in [-0.1, -0.05) is 18.6 Å². The van der Waals surface area contributed by atoms with Crippen LogP contribution in [0.1, 0.15) is 30.4 Å². The summed E-state index contributed by atoms with van der Waals surface area (Å²) in [5, 5.41) is 3.30. The van der Waals surface area contributed by atoms with E-state index < -0.39 is 0 Å². The Morgan fingerprint density at radius 2 is 2.19 bits per heavy atom. The number of piperidine rings is 1. The zero-order valence-corrected chi connectivity index (χ0v) is 13.8. The molecular formula is C16H25ClN2O2. The van der Waals surface area contributed by atoms with Crippen molar-refractivity contribution in [1.29, 1.82) is 0 Å². The fourth-order valence-corrected chi connectivity index (χ4v) is 2.72. The Hall–Kier alpha value is -1.26. The number of likely N-dealkylation sites (N-methyl/N-ethyl adjacent to an activating group) is 1. The lowest BCUT2D eigenvalue weighted by Gasteiger charge is -2.27. The Morgan fingerprint density at radius 1 is 1.43 bits per heavy atom. The molecule has 1 heterocycles. The zero-order chi connectivity index (χ0) is 14.5. The van der Waals surface area contributed by atoms with Crippen molar-refractivity contribution < 1.29 is 9.53 Å². The number of hydrogen-bond donors (Lipinski definition) is 1. The quantitative estimate of drug-likeness (QED) is 0.929. The molecule has 0 saturated carbocycles. The first-order valence-electron chi connectivity index (χ1n) is 7.23. The van der Waals surface area contributed by atoms with Gasteiger partial charge >= 0.3 is 0 Å². The lowest BCUT2D eigenvalue weighted by molar-refractivity contribution is -0.133. The van der Waals surface area contributed by atoms with Crippen LogP contribution in [-0.2, 0) is 11.3 Å². The van der Waals surface area contributed by atoms with Gasteiger partial charge in [0.15, 0.2) is 0 Å². The van der Waals surface area contributed by atoms with Gasteiger partial charge in [-0.15, -0.1) is 12.4 Å². The van der Waals surface area contributed by atoms with Gasteiger partial charge in [-0.25, -0.2) is 0 Å². The fourth-order valence-electron chi connectivity index (χ4n) is 2.72. The summed E-state index contributed by atoms with van der Waals surface area (Å²) in [4.78, 5) is 14.2. The molecule has 0 bridgehead atoms. The smallest absolute Gasteiger partial charge is 0.239 e. The van der Waals surface area contributed by atoms with Gasteiger partial charge in [-0.2, -0.15) is 0 Å². The summed E-state index contributed by atoms with van der Waals surface area (Å²) in [6.07, 6.45) is 3.26. The topological polar surface area (TPSA) is 41.6 Å². The minimum Gasteiger partial charge on any atom is -0.496 e. The van der Waals surface area contributed by atoms with Crippen molar-refractivity contribution in [2.45, 2.75) is 38.8 Å². The number of nitrogens with zero attached hydrogens (tertiary/aromatic N) is 1. The molecule has 4 nitrogen and oxygen atoms in total. The van der Waals surface area contributed by atoms with Gasteiger partial charge in [-0.3, -0.25) is 4.79 Å². The third-order valence-corrected chi connectivity index (χ3v) is 3.86. The van der Waals surface area contributed by atoms with E-state index in [-0.39, 0.29) is 24.4 Å². The third kappa shape index (κ3) is 4.61. The summed E-state index contributed by atoms with van der Waals surface area (Å²) >= 11 is 0. The van der Waals surface area contributed by atoms with E-state index in [1.54, 1.807) is 7.11 Å². The Kier molecular flexibility index (Phi) is 6.99. The maximum atomic E-state index is 12.3. The van der Waals surface area contributed by atoms with E-state index in [9.17, 15) is 4.79 Å².